The standard InChI is InChI=1S/C29H36O/c1-3-5-6-7-8-24-11-17-27(18-12-24)28-19-13-25(14-20-28)9-10-26-15-21-29(22-16-26)30-23-4-2/h11-13,15-18,21-22,28H,3-8,14,19-20,23H2,1-2H3. The summed E-state index contributed by atoms with van der Waals surface area (Å²) in [7, 11) is 0. The number of rotatable bonds is 9. The van der Waals surface area contributed by atoms with Crippen molar-refractivity contribution in [2.45, 2.75) is 77.6 Å². The molecule has 0 N–H and O–H groups in total. The van der Waals surface area contributed by atoms with Gasteiger partial charge in [0, 0.05) is 5.56 Å². The maximum atomic E-state index is 5.64. The SMILES string of the molecule is CCCCCCc1ccc(C2CC=C(C#Cc3ccc(OCCC)cc3)CC2)cc1. The molecule has 1 nitrogen and oxygen atoms in total. The molecule has 0 aliphatic heterocycles. The first-order valence-corrected chi connectivity index (χ1v) is 11.8. The lowest BCUT2D eigenvalue weighted by Crippen LogP contribution is -2.04. The first kappa shape index (κ1) is 22.2. The summed E-state index contributed by atoms with van der Waals surface area (Å²) >= 11 is 0. The molecule has 0 bridgehead atoms. The van der Waals surface area contributed by atoms with Crippen LogP contribution in [0.1, 0.15) is 87.8 Å². The third-order valence-corrected chi connectivity index (χ3v) is 5.88. The van der Waals surface area contributed by atoms with Crippen molar-refractivity contribution in [1.29, 1.82) is 0 Å². The van der Waals surface area contributed by atoms with Crippen LogP contribution in [0.4, 0.5) is 0 Å². The summed E-state index contributed by atoms with van der Waals surface area (Å²) in [5.74, 6) is 8.26. The number of ether oxygens (including phenoxy) is 1. The molecular weight excluding hydrogens is 364 g/mol. The minimum absolute atomic E-state index is 0.639. The molecule has 1 heteroatoms. The number of aryl methyl sites for hydroxylation is 1. The summed E-state index contributed by atoms with van der Waals surface area (Å²) in [4.78, 5) is 0. The molecule has 1 atom stereocenters. The van der Waals surface area contributed by atoms with Crippen LogP contribution >= 0.6 is 0 Å². The van der Waals surface area contributed by atoms with Gasteiger partial charge in [0.15, 0.2) is 0 Å². The fraction of sp³-hybridized carbons (Fsp3) is 0.448. The maximum absolute atomic E-state index is 5.64. The Labute approximate surface area is 183 Å². The zero-order chi connectivity index (χ0) is 21.0. The van der Waals surface area contributed by atoms with Gasteiger partial charge in [-0.05, 0) is 85.4 Å². The largest absolute Gasteiger partial charge is 0.494 e. The molecule has 0 amide bonds. The molecule has 3 rings (SSSR count). The Hall–Kier alpha value is -2.46. The Morgan fingerprint density at radius 3 is 2.33 bits per heavy atom. The van der Waals surface area contributed by atoms with Gasteiger partial charge in [-0.25, -0.2) is 0 Å². The lowest BCUT2D eigenvalue weighted by atomic mass is 9.84. The smallest absolute Gasteiger partial charge is 0.119 e. The zero-order valence-corrected chi connectivity index (χ0v) is 18.8. The molecule has 158 valence electrons. The highest BCUT2D eigenvalue weighted by Crippen LogP contribution is 2.32. The number of benzene rings is 2. The molecule has 0 saturated heterocycles. The van der Waals surface area contributed by atoms with Crippen molar-refractivity contribution in [2.75, 3.05) is 6.61 Å². The molecule has 0 spiro atoms. The van der Waals surface area contributed by atoms with E-state index in [2.05, 4.69) is 56.0 Å². The van der Waals surface area contributed by atoms with E-state index in [4.69, 9.17) is 4.74 Å². The minimum atomic E-state index is 0.639. The molecular formula is C29H36O. The van der Waals surface area contributed by atoms with E-state index in [0.717, 1.165) is 37.2 Å². The average molecular weight is 401 g/mol. The van der Waals surface area contributed by atoms with Crippen LogP contribution in [-0.4, -0.2) is 6.61 Å². The molecule has 0 fully saturated rings. The summed E-state index contributed by atoms with van der Waals surface area (Å²) in [5, 5.41) is 0. The van der Waals surface area contributed by atoms with Gasteiger partial charge in [0.05, 0.1) is 6.61 Å². The van der Waals surface area contributed by atoms with Crippen molar-refractivity contribution in [3.63, 3.8) is 0 Å². The van der Waals surface area contributed by atoms with Gasteiger partial charge in [-0.2, -0.15) is 0 Å². The lowest BCUT2D eigenvalue weighted by Gasteiger charge is -2.20. The van der Waals surface area contributed by atoms with E-state index in [1.54, 1.807) is 0 Å². The molecule has 1 aliphatic carbocycles. The fourth-order valence-electron chi connectivity index (χ4n) is 3.97. The Bertz CT molecular complexity index is 846. The molecule has 0 aromatic heterocycles. The van der Waals surface area contributed by atoms with Gasteiger partial charge in [-0.1, -0.05) is 75.3 Å². The number of hydrogen-bond donors (Lipinski definition) is 0. The highest BCUT2D eigenvalue weighted by Gasteiger charge is 2.15. The predicted molar refractivity (Wildman–Crippen MR) is 128 cm³/mol. The van der Waals surface area contributed by atoms with Gasteiger partial charge < -0.3 is 4.74 Å². The molecule has 30 heavy (non-hydrogen) atoms. The summed E-state index contributed by atoms with van der Waals surface area (Å²) in [6.45, 7) is 5.15. The number of allylic oxidation sites excluding steroid dienone is 2. The van der Waals surface area contributed by atoms with Gasteiger partial charge in [0.1, 0.15) is 5.75 Å². The van der Waals surface area contributed by atoms with Crippen molar-refractivity contribution in [3.8, 4) is 17.6 Å². The minimum Gasteiger partial charge on any atom is -0.494 e. The Morgan fingerprint density at radius 2 is 1.67 bits per heavy atom. The monoisotopic (exact) mass is 400 g/mol. The van der Waals surface area contributed by atoms with Crippen LogP contribution in [0, 0.1) is 11.8 Å². The van der Waals surface area contributed by atoms with E-state index >= 15 is 0 Å². The molecule has 2 aromatic carbocycles. The quantitative estimate of drug-likeness (QED) is 0.308. The maximum Gasteiger partial charge on any atom is 0.119 e. The highest BCUT2D eigenvalue weighted by atomic mass is 16.5. The summed E-state index contributed by atoms with van der Waals surface area (Å²) < 4.78 is 5.64. The first-order chi connectivity index (χ1) is 14.8. The van der Waals surface area contributed by atoms with E-state index in [-0.39, 0.29) is 0 Å². The predicted octanol–water partition coefficient (Wildman–Crippen LogP) is 7.84. The van der Waals surface area contributed by atoms with Crippen molar-refractivity contribution >= 4 is 0 Å². The van der Waals surface area contributed by atoms with E-state index in [1.807, 2.05) is 24.3 Å². The average Bonchev–Trinajstić information content (AvgIpc) is 2.81. The second-order valence-electron chi connectivity index (χ2n) is 8.38. The summed E-state index contributed by atoms with van der Waals surface area (Å²) in [5.41, 5.74) is 5.30. The third kappa shape index (κ3) is 7.10. The topological polar surface area (TPSA) is 9.23 Å². The Morgan fingerprint density at radius 1 is 0.867 bits per heavy atom. The Kier molecular flexibility index (Phi) is 9.10. The number of hydrogen-bond acceptors (Lipinski definition) is 1. The zero-order valence-electron chi connectivity index (χ0n) is 18.8. The summed E-state index contributed by atoms with van der Waals surface area (Å²) in [6, 6.07) is 17.5. The van der Waals surface area contributed by atoms with Crippen LogP contribution in [-0.2, 0) is 6.42 Å². The second-order valence-corrected chi connectivity index (χ2v) is 8.38. The molecule has 0 radical (unpaired) electrons. The molecule has 2 aromatic rings. The first-order valence-electron chi connectivity index (χ1n) is 11.8. The van der Waals surface area contributed by atoms with Gasteiger partial charge in [-0.3, -0.25) is 0 Å². The van der Waals surface area contributed by atoms with Gasteiger partial charge in [-0.15, -0.1) is 0 Å². The van der Waals surface area contributed by atoms with Gasteiger partial charge in [0.2, 0.25) is 0 Å². The van der Waals surface area contributed by atoms with Crippen LogP contribution in [0.15, 0.2) is 60.2 Å². The van der Waals surface area contributed by atoms with Crippen LogP contribution in [0.5, 0.6) is 5.75 Å². The van der Waals surface area contributed by atoms with Crippen molar-refractivity contribution < 1.29 is 4.74 Å². The van der Waals surface area contributed by atoms with Gasteiger partial charge >= 0.3 is 0 Å². The summed E-state index contributed by atoms with van der Waals surface area (Å²) in [6.07, 6.45) is 13.3. The van der Waals surface area contributed by atoms with Crippen molar-refractivity contribution in [1.82, 2.24) is 0 Å². The van der Waals surface area contributed by atoms with Crippen molar-refractivity contribution in [2.24, 2.45) is 0 Å². The third-order valence-electron chi connectivity index (χ3n) is 5.88. The Balaban J connectivity index is 1.50. The molecule has 1 aliphatic rings. The lowest BCUT2D eigenvalue weighted by molar-refractivity contribution is 0.317. The van der Waals surface area contributed by atoms with Gasteiger partial charge in [0.25, 0.3) is 0 Å². The fourth-order valence-corrected chi connectivity index (χ4v) is 3.97. The van der Waals surface area contributed by atoms with E-state index in [9.17, 15) is 0 Å². The van der Waals surface area contributed by atoms with E-state index in [0.29, 0.717) is 5.92 Å². The van der Waals surface area contributed by atoms with E-state index in [1.165, 1.54) is 55.2 Å². The second kappa shape index (κ2) is 12.3. The highest BCUT2D eigenvalue weighted by molar-refractivity contribution is 5.43. The van der Waals surface area contributed by atoms with Crippen LogP contribution in [0.2, 0.25) is 0 Å². The van der Waals surface area contributed by atoms with Crippen LogP contribution in [0.25, 0.3) is 0 Å². The molecule has 0 heterocycles. The van der Waals surface area contributed by atoms with Crippen LogP contribution < -0.4 is 4.74 Å². The van der Waals surface area contributed by atoms with Crippen molar-refractivity contribution in [3.05, 3.63) is 76.9 Å². The normalized spacial score (nSPS) is 15.8. The molecule has 0 saturated carbocycles. The number of unbranched alkanes of at least 4 members (excludes halogenated alkanes) is 3. The van der Waals surface area contributed by atoms with E-state index < -0.39 is 0 Å². The molecule has 1 unspecified atom stereocenters. The van der Waals surface area contributed by atoms with Crippen LogP contribution in [0.3, 0.4) is 0 Å².